The van der Waals surface area contributed by atoms with Crippen molar-refractivity contribution in [1.29, 1.82) is 5.26 Å². The Balaban J connectivity index is 1.79. The number of hydrogen-bond donors (Lipinski definition) is 0. The minimum absolute atomic E-state index is 0.353. The predicted molar refractivity (Wildman–Crippen MR) is 98.8 cm³/mol. The Morgan fingerprint density at radius 2 is 2.00 bits per heavy atom. The zero-order valence-electron chi connectivity index (χ0n) is 13.4. The second-order valence-electron chi connectivity index (χ2n) is 5.34. The van der Waals surface area contributed by atoms with Crippen molar-refractivity contribution in [2.24, 2.45) is 4.99 Å². The van der Waals surface area contributed by atoms with Crippen molar-refractivity contribution in [1.82, 2.24) is 9.80 Å². The van der Waals surface area contributed by atoms with E-state index in [4.69, 9.17) is 10.00 Å². The topological polar surface area (TPSA) is 51.9 Å². The first kappa shape index (κ1) is 18.1. The van der Waals surface area contributed by atoms with Gasteiger partial charge in [0.25, 0.3) is 0 Å². The van der Waals surface area contributed by atoms with Crippen LogP contribution in [0.5, 0.6) is 5.75 Å². The maximum absolute atomic E-state index is 8.73. The number of nitriles is 1. The number of thioether (sulfide) groups is 1. The van der Waals surface area contributed by atoms with E-state index in [1.165, 1.54) is 11.8 Å². The van der Waals surface area contributed by atoms with Gasteiger partial charge in [-0.2, -0.15) is 5.26 Å². The van der Waals surface area contributed by atoms with E-state index in [2.05, 4.69) is 37.6 Å². The average molecular weight is 397 g/mol. The van der Waals surface area contributed by atoms with Gasteiger partial charge in [-0.05, 0) is 37.4 Å². The zero-order chi connectivity index (χ0) is 16.7. The summed E-state index contributed by atoms with van der Waals surface area (Å²) < 4.78 is 6.92. The predicted octanol–water partition coefficient (Wildman–Crippen LogP) is 3.03. The van der Waals surface area contributed by atoms with Crippen LogP contribution in [0.4, 0.5) is 0 Å². The standard InChI is InChI=1S/C16H21BrN4OS/c1-13(11-22-15-5-3-14(17)4-6-15)20-7-9-21(10-8-20)16(23-2)19-12-18/h3-6,13H,7-11H2,1-2H3. The lowest BCUT2D eigenvalue weighted by Gasteiger charge is -2.38. The molecule has 1 aromatic rings. The maximum Gasteiger partial charge on any atom is 0.208 e. The van der Waals surface area contributed by atoms with Gasteiger partial charge in [0.15, 0.2) is 5.17 Å². The van der Waals surface area contributed by atoms with Crippen LogP contribution < -0.4 is 4.74 Å². The molecule has 0 amide bonds. The highest BCUT2D eigenvalue weighted by Crippen LogP contribution is 2.17. The van der Waals surface area contributed by atoms with E-state index in [0.29, 0.717) is 12.6 Å². The third kappa shape index (κ3) is 5.41. The van der Waals surface area contributed by atoms with E-state index in [1.54, 1.807) is 0 Å². The first-order valence-corrected chi connectivity index (χ1v) is 9.54. The number of hydrogen-bond acceptors (Lipinski definition) is 5. The molecule has 0 aromatic heterocycles. The van der Waals surface area contributed by atoms with Crippen LogP contribution in [-0.4, -0.2) is 60.1 Å². The Morgan fingerprint density at radius 3 is 2.57 bits per heavy atom. The lowest BCUT2D eigenvalue weighted by atomic mass is 10.2. The van der Waals surface area contributed by atoms with Crippen molar-refractivity contribution in [2.45, 2.75) is 13.0 Å². The molecular weight excluding hydrogens is 376 g/mol. The quantitative estimate of drug-likeness (QED) is 0.444. The lowest BCUT2D eigenvalue weighted by Crippen LogP contribution is -2.52. The number of benzene rings is 1. The smallest absolute Gasteiger partial charge is 0.208 e. The van der Waals surface area contributed by atoms with Gasteiger partial charge >= 0.3 is 0 Å². The molecule has 7 heteroatoms. The Morgan fingerprint density at radius 1 is 1.35 bits per heavy atom. The molecule has 0 N–H and O–H groups in total. The summed E-state index contributed by atoms with van der Waals surface area (Å²) in [4.78, 5) is 8.47. The minimum atomic E-state index is 0.353. The molecule has 1 saturated heterocycles. The Kier molecular flexibility index (Phi) is 7.21. The summed E-state index contributed by atoms with van der Waals surface area (Å²) >= 11 is 4.95. The van der Waals surface area contributed by atoms with Gasteiger partial charge in [-0.3, -0.25) is 4.90 Å². The molecule has 124 valence electrons. The molecule has 5 nitrogen and oxygen atoms in total. The van der Waals surface area contributed by atoms with Gasteiger partial charge in [-0.15, -0.1) is 4.99 Å². The minimum Gasteiger partial charge on any atom is -0.492 e. The summed E-state index contributed by atoms with van der Waals surface area (Å²) in [5, 5.41) is 9.54. The van der Waals surface area contributed by atoms with Crippen molar-refractivity contribution in [3.63, 3.8) is 0 Å². The third-order valence-electron chi connectivity index (χ3n) is 3.84. The molecule has 1 heterocycles. The van der Waals surface area contributed by atoms with Gasteiger partial charge in [0.2, 0.25) is 6.19 Å². The maximum atomic E-state index is 8.73. The first-order valence-electron chi connectivity index (χ1n) is 7.52. The molecule has 1 aliphatic heterocycles. The fourth-order valence-corrected chi connectivity index (χ4v) is 3.33. The molecule has 1 aliphatic rings. The summed E-state index contributed by atoms with van der Waals surface area (Å²) in [5.74, 6) is 0.893. The number of ether oxygens (including phenoxy) is 1. The van der Waals surface area contributed by atoms with Gasteiger partial charge in [0.05, 0.1) is 0 Å². The van der Waals surface area contributed by atoms with Crippen molar-refractivity contribution >= 4 is 32.9 Å². The van der Waals surface area contributed by atoms with Crippen LogP contribution in [0, 0.1) is 11.5 Å². The van der Waals surface area contributed by atoms with Crippen LogP contribution in [0.2, 0.25) is 0 Å². The molecule has 2 rings (SSSR count). The molecule has 23 heavy (non-hydrogen) atoms. The Hall–Kier alpha value is -1.23. The molecule has 0 saturated carbocycles. The first-order chi connectivity index (χ1) is 11.1. The summed E-state index contributed by atoms with van der Waals surface area (Å²) in [6.45, 7) is 6.55. The second kappa shape index (κ2) is 9.16. The number of amidine groups is 1. The molecule has 0 radical (unpaired) electrons. The lowest BCUT2D eigenvalue weighted by molar-refractivity contribution is 0.106. The van der Waals surface area contributed by atoms with Crippen LogP contribution in [-0.2, 0) is 0 Å². The van der Waals surface area contributed by atoms with E-state index < -0.39 is 0 Å². The van der Waals surface area contributed by atoms with E-state index in [1.807, 2.05) is 36.7 Å². The largest absolute Gasteiger partial charge is 0.492 e. The number of rotatable bonds is 4. The monoisotopic (exact) mass is 396 g/mol. The molecule has 0 spiro atoms. The van der Waals surface area contributed by atoms with Gasteiger partial charge in [0, 0.05) is 36.7 Å². The van der Waals surface area contributed by atoms with Crippen LogP contribution >= 0.6 is 27.7 Å². The van der Waals surface area contributed by atoms with E-state index in [0.717, 1.165) is 41.6 Å². The number of piperazine rings is 1. The van der Waals surface area contributed by atoms with Crippen LogP contribution in [0.25, 0.3) is 0 Å². The Labute approximate surface area is 150 Å². The molecule has 0 aliphatic carbocycles. The van der Waals surface area contributed by atoms with Crippen LogP contribution in [0.3, 0.4) is 0 Å². The van der Waals surface area contributed by atoms with Gasteiger partial charge in [-0.1, -0.05) is 27.7 Å². The van der Waals surface area contributed by atoms with Crippen molar-refractivity contribution in [3.05, 3.63) is 28.7 Å². The summed E-state index contributed by atoms with van der Waals surface area (Å²) in [6.07, 6.45) is 3.84. The van der Waals surface area contributed by atoms with Crippen LogP contribution in [0.1, 0.15) is 6.92 Å². The SMILES string of the molecule is CSC(=NC#N)N1CCN(C(C)COc2ccc(Br)cc2)CC1. The van der Waals surface area contributed by atoms with Crippen molar-refractivity contribution in [2.75, 3.05) is 39.0 Å². The number of aliphatic imine (C=N–C) groups is 1. The average Bonchev–Trinajstić information content (AvgIpc) is 2.59. The number of nitrogens with zero attached hydrogens (tertiary/aromatic N) is 4. The van der Waals surface area contributed by atoms with E-state index in [-0.39, 0.29) is 0 Å². The fourth-order valence-electron chi connectivity index (χ4n) is 2.50. The van der Waals surface area contributed by atoms with E-state index in [9.17, 15) is 0 Å². The molecule has 1 unspecified atom stereocenters. The van der Waals surface area contributed by atoms with Crippen molar-refractivity contribution in [3.8, 4) is 11.9 Å². The van der Waals surface area contributed by atoms with Gasteiger partial charge in [0.1, 0.15) is 12.4 Å². The fraction of sp³-hybridized carbons (Fsp3) is 0.500. The van der Waals surface area contributed by atoms with Gasteiger partial charge in [-0.25, -0.2) is 0 Å². The summed E-state index contributed by atoms with van der Waals surface area (Å²) in [7, 11) is 0. The zero-order valence-corrected chi connectivity index (χ0v) is 15.8. The molecule has 1 atom stereocenters. The molecular formula is C16H21BrN4OS. The highest BCUT2D eigenvalue weighted by molar-refractivity contribution is 9.10. The molecule has 1 aromatic carbocycles. The second-order valence-corrected chi connectivity index (χ2v) is 7.02. The highest BCUT2D eigenvalue weighted by atomic mass is 79.9. The van der Waals surface area contributed by atoms with Gasteiger partial charge < -0.3 is 9.64 Å². The Bertz CT molecular complexity index is 564. The third-order valence-corrected chi connectivity index (χ3v) is 5.08. The van der Waals surface area contributed by atoms with Crippen LogP contribution in [0.15, 0.2) is 33.7 Å². The normalized spacial score (nSPS) is 17.7. The highest BCUT2D eigenvalue weighted by Gasteiger charge is 2.23. The summed E-state index contributed by atoms with van der Waals surface area (Å²) in [5.41, 5.74) is 0. The molecule has 1 fully saturated rings. The van der Waals surface area contributed by atoms with Crippen molar-refractivity contribution < 1.29 is 4.74 Å². The van der Waals surface area contributed by atoms with E-state index >= 15 is 0 Å². The number of halogens is 1. The summed E-state index contributed by atoms with van der Waals surface area (Å²) in [6, 6.07) is 8.26. The molecule has 0 bridgehead atoms.